The Morgan fingerprint density at radius 3 is 1.22 bits per heavy atom. The number of rotatable bonds is 5. The van der Waals surface area contributed by atoms with E-state index in [1.165, 1.54) is 22.3 Å². The summed E-state index contributed by atoms with van der Waals surface area (Å²) in [5, 5.41) is 35.7. The highest BCUT2D eigenvalue weighted by molar-refractivity contribution is 6.12. The van der Waals surface area contributed by atoms with Gasteiger partial charge in [-0.05, 0) is 125 Å². The Morgan fingerprint density at radius 2 is 0.776 bits per heavy atom. The van der Waals surface area contributed by atoms with Gasteiger partial charge in [0.15, 0.2) is 0 Å². The van der Waals surface area contributed by atoms with E-state index in [4.69, 9.17) is 0 Å². The molecule has 5 heteroatoms. The lowest BCUT2D eigenvalue weighted by molar-refractivity contribution is 1.12. The van der Waals surface area contributed by atoms with Crippen LogP contribution in [-0.2, 0) is 0 Å². The number of nitrogens with zero attached hydrogens (tertiary/aromatic N) is 5. The van der Waals surface area contributed by atoms with E-state index in [0.29, 0.717) is 33.6 Å². The molecular weight excluding hydrogens is 707 g/mol. The molecule has 0 atom stereocenters. The van der Waals surface area contributed by atoms with Gasteiger partial charge in [0, 0.05) is 21.5 Å². The normalized spacial score (nSPS) is 11.2. The van der Waals surface area contributed by atoms with Crippen LogP contribution in [0, 0.1) is 47.8 Å². The first-order valence-corrected chi connectivity index (χ1v) is 19.2. The summed E-state index contributed by atoms with van der Waals surface area (Å²) in [7, 11) is 0. The smallest absolute Gasteiger partial charge is 0.104 e. The van der Waals surface area contributed by atoms with Crippen LogP contribution in [0.2, 0.25) is 0 Å². The molecule has 0 unspecified atom stereocenters. The summed E-state index contributed by atoms with van der Waals surface area (Å²) in [4.78, 5) is 0. The van der Waals surface area contributed by atoms with Gasteiger partial charge in [-0.2, -0.15) is 15.8 Å². The van der Waals surface area contributed by atoms with Crippen LogP contribution in [-0.4, -0.2) is 9.13 Å². The highest BCUT2D eigenvalue weighted by atomic mass is 15.0. The second-order valence-corrected chi connectivity index (χ2v) is 14.8. The molecule has 0 N–H and O–H groups in total. The Balaban J connectivity index is 1.32. The van der Waals surface area contributed by atoms with Crippen LogP contribution in [0.1, 0.15) is 27.8 Å². The number of para-hydroxylation sites is 2. The van der Waals surface area contributed by atoms with Crippen molar-refractivity contribution >= 4 is 43.6 Å². The van der Waals surface area contributed by atoms with Crippen molar-refractivity contribution in [3.05, 3.63) is 192 Å². The lowest BCUT2D eigenvalue weighted by atomic mass is 9.97. The zero-order valence-electron chi connectivity index (χ0n) is 31.8. The van der Waals surface area contributed by atoms with Crippen LogP contribution in [0.5, 0.6) is 0 Å². The SMILES string of the molecule is Cc1ccccc1-c1ccc2c(c1)c1ccccc1n2-c1cc(-c2cc(C#N)cc(C#N)c2)cc(-n2c3ccccc3c3cc(-c4ccccc4C)ccc32)c1C#N. The van der Waals surface area contributed by atoms with E-state index in [9.17, 15) is 15.8 Å². The fourth-order valence-electron chi connectivity index (χ4n) is 8.76. The van der Waals surface area contributed by atoms with Crippen molar-refractivity contribution in [2.45, 2.75) is 13.8 Å². The molecule has 2 heterocycles. The van der Waals surface area contributed by atoms with Gasteiger partial charge in [-0.1, -0.05) is 97.1 Å². The lowest BCUT2D eigenvalue weighted by Crippen LogP contribution is -2.05. The summed E-state index contributed by atoms with van der Waals surface area (Å²) in [5.74, 6) is 0. The van der Waals surface area contributed by atoms with Gasteiger partial charge in [0.05, 0.1) is 56.7 Å². The van der Waals surface area contributed by atoms with E-state index in [1.807, 2.05) is 36.4 Å². The third kappa shape index (κ3) is 5.36. The van der Waals surface area contributed by atoms with E-state index in [1.54, 1.807) is 6.07 Å². The van der Waals surface area contributed by atoms with Crippen molar-refractivity contribution in [1.82, 2.24) is 9.13 Å². The molecule has 0 aliphatic heterocycles. The van der Waals surface area contributed by atoms with Crippen LogP contribution < -0.4 is 0 Å². The number of hydrogen-bond donors (Lipinski definition) is 0. The minimum Gasteiger partial charge on any atom is -0.308 e. The molecule has 0 amide bonds. The Morgan fingerprint density at radius 1 is 0.362 bits per heavy atom. The molecule has 270 valence electrons. The van der Waals surface area contributed by atoms with Crippen molar-refractivity contribution in [3.63, 3.8) is 0 Å². The van der Waals surface area contributed by atoms with Crippen LogP contribution in [0.3, 0.4) is 0 Å². The maximum atomic E-state index is 11.4. The van der Waals surface area contributed by atoms with Crippen LogP contribution in [0.25, 0.3) is 88.4 Å². The number of nitriles is 3. The maximum absolute atomic E-state index is 11.4. The predicted octanol–water partition coefficient (Wildman–Crippen LogP) is 13.1. The molecule has 0 bridgehead atoms. The van der Waals surface area contributed by atoms with Crippen LogP contribution >= 0.6 is 0 Å². The molecule has 58 heavy (non-hydrogen) atoms. The van der Waals surface area contributed by atoms with Crippen LogP contribution in [0.15, 0.2) is 164 Å². The molecular formula is C53H33N5. The average molecular weight is 740 g/mol. The molecule has 0 fully saturated rings. The second-order valence-electron chi connectivity index (χ2n) is 14.8. The summed E-state index contributed by atoms with van der Waals surface area (Å²) in [6.07, 6.45) is 0. The number of fused-ring (bicyclic) bond motifs is 6. The summed E-state index contributed by atoms with van der Waals surface area (Å²) < 4.78 is 4.39. The van der Waals surface area contributed by atoms with Crippen molar-refractivity contribution < 1.29 is 0 Å². The minimum atomic E-state index is 0.391. The first kappa shape index (κ1) is 34.3. The van der Waals surface area contributed by atoms with Gasteiger partial charge in [0.1, 0.15) is 11.6 Å². The van der Waals surface area contributed by atoms with E-state index >= 15 is 0 Å². The van der Waals surface area contributed by atoms with E-state index in [0.717, 1.165) is 60.3 Å². The van der Waals surface area contributed by atoms with Crippen molar-refractivity contribution in [1.29, 1.82) is 15.8 Å². The number of hydrogen-bond acceptors (Lipinski definition) is 3. The molecule has 10 aromatic rings. The first-order chi connectivity index (χ1) is 28.4. The Hall–Kier alpha value is -8.17. The zero-order chi connectivity index (χ0) is 39.5. The summed E-state index contributed by atoms with van der Waals surface area (Å²) in [5.41, 5.74) is 15.0. The lowest BCUT2D eigenvalue weighted by Gasteiger charge is -2.19. The third-order valence-electron chi connectivity index (χ3n) is 11.5. The molecule has 0 aliphatic carbocycles. The van der Waals surface area contributed by atoms with Gasteiger partial charge in [0.25, 0.3) is 0 Å². The second kappa shape index (κ2) is 13.5. The Kier molecular flexibility index (Phi) is 8.01. The van der Waals surface area contributed by atoms with E-state index in [2.05, 4.69) is 163 Å². The highest BCUT2D eigenvalue weighted by Gasteiger charge is 2.23. The molecule has 5 nitrogen and oxygen atoms in total. The molecule has 0 saturated carbocycles. The van der Waals surface area contributed by atoms with Gasteiger partial charge in [-0.25, -0.2) is 0 Å². The topological polar surface area (TPSA) is 81.2 Å². The van der Waals surface area contributed by atoms with E-state index in [-0.39, 0.29) is 0 Å². The number of aromatic nitrogens is 2. The first-order valence-electron chi connectivity index (χ1n) is 19.2. The molecule has 0 aliphatic rings. The fraction of sp³-hybridized carbons (Fsp3) is 0.0377. The fourth-order valence-corrected chi connectivity index (χ4v) is 8.76. The quantitative estimate of drug-likeness (QED) is 0.176. The molecule has 10 rings (SSSR count). The zero-order valence-corrected chi connectivity index (χ0v) is 31.8. The molecule has 0 spiro atoms. The molecule has 8 aromatic carbocycles. The minimum absolute atomic E-state index is 0.391. The van der Waals surface area contributed by atoms with Crippen molar-refractivity contribution in [2.24, 2.45) is 0 Å². The van der Waals surface area contributed by atoms with Crippen molar-refractivity contribution in [2.75, 3.05) is 0 Å². The molecule has 0 radical (unpaired) electrons. The van der Waals surface area contributed by atoms with Gasteiger partial charge < -0.3 is 9.13 Å². The molecule has 0 saturated heterocycles. The Labute approximate surface area is 335 Å². The number of aryl methyl sites for hydroxylation is 2. The monoisotopic (exact) mass is 739 g/mol. The summed E-state index contributed by atoms with van der Waals surface area (Å²) in [6.45, 7) is 4.26. The van der Waals surface area contributed by atoms with Crippen LogP contribution in [0.4, 0.5) is 0 Å². The van der Waals surface area contributed by atoms with Gasteiger partial charge in [-0.15, -0.1) is 0 Å². The van der Waals surface area contributed by atoms with Gasteiger partial charge in [-0.3, -0.25) is 0 Å². The molecule has 2 aromatic heterocycles. The van der Waals surface area contributed by atoms with Gasteiger partial charge in [0.2, 0.25) is 0 Å². The summed E-state index contributed by atoms with van der Waals surface area (Å²) in [6, 6.07) is 63.1. The predicted molar refractivity (Wildman–Crippen MR) is 235 cm³/mol. The highest BCUT2D eigenvalue weighted by Crippen LogP contribution is 2.42. The van der Waals surface area contributed by atoms with Crippen molar-refractivity contribution in [3.8, 4) is 63.0 Å². The standard InChI is InChI=1S/C53H33N5/c1-33-11-3-5-13-41(33)37-19-21-50-45(26-37)43-15-7-9-17-48(43)57(50)52-28-40(39-24-35(30-54)23-36(25-39)31-55)29-53(47(52)32-56)58-49-18-10-8-16-44(49)46-27-38(20-22-51(46)58)42-14-6-4-12-34(42)2/h3-29H,1-2H3. The largest absolute Gasteiger partial charge is 0.308 e. The Bertz CT molecular complexity index is 3250. The maximum Gasteiger partial charge on any atom is 0.104 e. The number of benzene rings is 8. The third-order valence-corrected chi connectivity index (χ3v) is 11.5. The van der Waals surface area contributed by atoms with E-state index < -0.39 is 0 Å². The summed E-state index contributed by atoms with van der Waals surface area (Å²) >= 11 is 0. The average Bonchev–Trinajstić information content (AvgIpc) is 3.78. The van der Waals surface area contributed by atoms with Gasteiger partial charge >= 0.3 is 0 Å².